The first-order valence-electron chi connectivity index (χ1n) is 6.74. The molecule has 1 aromatic heterocycles. The van der Waals surface area contributed by atoms with Crippen LogP contribution in [0.2, 0.25) is 5.15 Å². The fourth-order valence-electron chi connectivity index (χ4n) is 2.38. The summed E-state index contributed by atoms with van der Waals surface area (Å²) in [6.45, 7) is 1.96. The zero-order valence-corrected chi connectivity index (χ0v) is 12.8. The standard InChI is InChI=1S/C14H18ClN3O3/c1-9-10(12(15)18(2)17-9)4-5-11(19)16-8-14(13(20)21)6-3-7-14/h4-5H,3,6-8H2,1-2H3,(H,16,19)(H,20,21)/b5-4+. The molecule has 1 aromatic rings. The highest BCUT2D eigenvalue weighted by Gasteiger charge is 2.44. The Labute approximate surface area is 127 Å². The first-order valence-corrected chi connectivity index (χ1v) is 7.12. The van der Waals surface area contributed by atoms with E-state index in [4.69, 9.17) is 11.6 Å². The molecule has 7 heteroatoms. The Morgan fingerprint density at radius 1 is 1.52 bits per heavy atom. The largest absolute Gasteiger partial charge is 0.481 e. The lowest BCUT2D eigenvalue weighted by atomic mass is 9.69. The molecular formula is C14H18ClN3O3. The molecule has 1 aliphatic rings. The molecular weight excluding hydrogens is 294 g/mol. The summed E-state index contributed by atoms with van der Waals surface area (Å²) in [6, 6.07) is 0. The molecule has 6 nitrogen and oxygen atoms in total. The molecule has 1 heterocycles. The van der Waals surface area contributed by atoms with Gasteiger partial charge in [0, 0.05) is 25.2 Å². The van der Waals surface area contributed by atoms with Crippen LogP contribution in [0.25, 0.3) is 6.08 Å². The van der Waals surface area contributed by atoms with E-state index in [0.717, 1.165) is 12.1 Å². The molecule has 0 atom stereocenters. The second kappa shape index (κ2) is 5.89. The van der Waals surface area contributed by atoms with E-state index in [0.29, 0.717) is 23.6 Å². The molecule has 0 saturated heterocycles. The molecule has 1 aliphatic carbocycles. The molecule has 0 aliphatic heterocycles. The van der Waals surface area contributed by atoms with Gasteiger partial charge in [0.2, 0.25) is 5.91 Å². The van der Waals surface area contributed by atoms with Crippen LogP contribution in [-0.2, 0) is 16.6 Å². The third-order valence-corrected chi connectivity index (χ3v) is 4.41. The quantitative estimate of drug-likeness (QED) is 0.812. The number of amides is 1. The first-order chi connectivity index (χ1) is 9.85. The van der Waals surface area contributed by atoms with E-state index in [1.165, 1.54) is 10.8 Å². The van der Waals surface area contributed by atoms with Crippen molar-refractivity contribution in [1.82, 2.24) is 15.1 Å². The summed E-state index contributed by atoms with van der Waals surface area (Å²) in [5.74, 6) is -1.17. The Morgan fingerprint density at radius 2 is 2.19 bits per heavy atom. The summed E-state index contributed by atoms with van der Waals surface area (Å²) in [4.78, 5) is 23.0. The smallest absolute Gasteiger partial charge is 0.311 e. The van der Waals surface area contributed by atoms with Gasteiger partial charge in [0.15, 0.2) is 0 Å². The molecule has 2 N–H and O–H groups in total. The number of carbonyl (C=O) groups is 2. The minimum atomic E-state index is -0.843. The third-order valence-electron chi connectivity index (χ3n) is 3.96. The van der Waals surface area contributed by atoms with Crippen molar-refractivity contribution < 1.29 is 14.7 Å². The highest BCUT2D eigenvalue weighted by Crippen LogP contribution is 2.40. The number of carbonyl (C=O) groups excluding carboxylic acids is 1. The number of rotatable bonds is 5. The van der Waals surface area contributed by atoms with Gasteiger partial charge in [-0.1, -0.05) is 18.0 Å². The molecule has 0 bridgehead atoms. The predicted octanol–water partition coefficient (Wildman–Crippen LogP) is 1.77. The minimum absolute atomic E-state index is 0.158. The fraction of sp³-hybridized carbons (Fsp3) is 0.500. The van der Waals surface area contributed by atoms with E-state index in [1.807, 2.05) is 0 Å². The zero-order valence-electron chi connectivity index (χ0n) is 12.0. The lowest BCUT2D eigenvalue weighted by Crippen LogP contribution is -2.47. The van der Waals surface area contributed by atoms with Crippen LogP contribution >= 0.6 is 11.6 Å². The summed E-state index contributed by atoms with van der Waals surface area (Å²) >= 11 is 6.06. The summed E-state index contributed by atoms with van der Waals surface area (Å²) in [6.07, 6.45) is 5.06. The second-order valence-corrected chi connectivity index (χ2v) is 5.76. The van der Waals surface area contributed by atoms with Gasteiger partial charge in [0.1, 0.15) is 5.15 Å². The van der Waals surface area contributed by atoms with E-state index >= 15 is 0 Å². The molecule has 1 amide bonds. The number of aliphatic carboxylic acids is 1. The number of carboxylic acids is 1. The van der Waals surface area contributed by atoms with Crippen LogP contribution in [0.1, 0.15) is 30.5 Å². The molecule has 2 rings (SSSR count). The Morgan fingerprint density at radius 3 is 2.62 bits per heavy atom. The number of hydrogen-bond donors (Lipinski definition) is 2. The Balaban J connectivity index is 1.96. The van der Waals surface area contributed by atoms with Gasteiger partial charge in [0.05, 0.1) is 11.1 Å². The fourth-order valence-corrected chi connectivity index (χ4v) is 2.62. The van der Waals surface area contributed by atoms with Crippen molar-refractivity contribution in [1.29, 1.82) is 0 Å². The maximum atomic E-state index is 11.8. The van der Waals surface area contributed by atoms with Crippen molar-refractivity contribution >= 4 is 29.6 Å². The van der Waals surface area contributed by atoms with Crippen LogP contribution in [0, 0.1) is 12.3 Å². The number of aryl methyl sites for hydroxylation is 2. The summed E-state index contributed by atoms with van der Waals surface area (Å²) in [7, 11) is 1.72. The van der Waals surface area contributed by atoms with E-state index in [1.54, 1.807) is 20.0 Å². The Hall–Kier alpha value is -1.82. The lowest BCUT2D eigenvalue weighted by Gasteiger charge is -2.37. The molecule has 0 spiro atoms. The highest BCUT2D eigenvalue weighted by atomic mass is 35.5. The van der Waals surface area contributed by atoms with Gasteiger partial charge in [-0.15, -0.1) is 0 Å². The molecule has 0 unspecified atom stereocenters. The van der Waals surface area contributed by atoms with Gasteiger partial charge in [-0.25, -0.2) is 0 Å². The average Bonchev–Trinajstić information content (AvgIpc) is 2.59. The third kappa shape index (κ3) is 3.10. The monoisotopic (exact) mass is 311 g/mol. The van der Waals surface area contributed by atoms with Crippen LogP contribution in [-0.4, -0.2) is 33.3 Å². The van der Waals surface area contributed by atoms with E-state index in [-0.39, 0.29) is 12.5 Å². The average molecular weight is 312 g/mol. The van der Waals surface area contributed by atoms with Gasteiger partial charge in [-0.2, -0.15) is 5.10 Å². The summed E-state index contributed by atoms with van der Waals surface area (Å²) in [5, 5.41) is 16.4. The lowest BCUT2D eigenvalue weighted by molar-refractivity contribution is -0.154. The van der Waals surface area contributed by atoms with Crippen molar-refractivity contribution in [3.63, 3.8) is 0 Å². The number of nitrogens with one attached hydrogen (secondary N) is 1. The van der Waals surface area contributed by atoms with E-state index in [2.05, 4.69) is 10.4 Å². The first kappa shape index (κ1) is 15.6. The van der Waals surface area contributed by atoms with Crippen molar-refractivity contribution in [3.05, 3.63) is 22.5 Å². The molecule has 0 aromatic carbocycles. The van der Waals surface area contributed by atoms with E-state index < -0.39 is 11.4 Å². The molecule has 1 fully saturated rings. The van der Waals surface area contributed by atoms with Crippen molar-refractivity contribution in [3.8, 4) is 0 Å². The highest BCUT2D eigenvalue weighted by molar-refractivity contribution is 6.31. The molecule has 0 radical (unpaired) electrons. The van der Waals surface area contributed by atoms with Crippen LogP contribution < -0.4 is 5.32 Å². The van der Waals surface area contributed by atoms with Crippen LogP contribution in [0.4, 0.5) is 0 Å². The SMILES string of the molecule is Cc1nn(C)c(Cl)c1/C=C/C(=O)NCC1(C(=O)O)CCC1. The maximum Gasteiger partial charge on any atom is 0.311 e. The van der Waals surface area contributed by atoms with Gasteiger partial charge in [-0.05, 0) is 25.8 Å². The maximum absolute atomic E-state index is 11.8. The number of carboxylic acid groups (broad SMARTS) is 1. The van der Waals surface area contributed by atoms with Gasteiger partial charge < -0.3 is 10.4 Å². The van der Waals surface area contributed by atoms with Gasteiger partial charge in [0.25, 0.3) is 0 Å². The molecule has 114 valence electrons. The minimum Gasteiger partial charge on any atom is -0.481 e. The van der Waals surface area contributed by atoms with E-state index in [9.17, 15) is 14.7 Å². The zero-order chi connectivity index (χ0) is 15.6. The number of hydrogen-bond acceptors (Lipinski definition) is 3. The summed E-state index contributed by atoms with van der Waals surface area (Å²) < 4.78 is 1.53. The van der Waals surface area contributed by atoms with Gasteiger partial charge in [-0.3, -0.25) is 14.3 Å². The second-order valence-electron chi connectivity index (χ2n) is 5.40. The predicted molar refractivity (Wildman–Crippen MR) is 78.9 cm³/mol. The number of nitrogens with zero attached hydrogens (tertiary/aromatic N) is 2. The number of halogens is 1. The number of aromatic nitrogens is 2. The van der Waals surface area contributed by atoms with Gasteiger partial charge >= 0.3 is 5.97 Å². The van der Waals surface area contributed by atoms with Crippen LogP contribution in [0.15, 0.2) is 6.08 Å². The summed E-state index contributed by atoms with van der Waals surface area (Å²) in [5.41, 5.74) is 0.629. The normalized spacial score (nSPS) is 16.7. The van der Waals surface area contributed by atoms with Crippen molar-refractivity contribution in [2.45, 2.75) is 26.2 Å². The Bertz CT molecular complexity index is 603. The van der Waals surface area contributed by atoms with Crippen LogP contribution in [0.5, 0.6) is 0 Å². The van der Waals surface area contributed by atoms with Crippen molar-refractivity contribution in [2.75, 3.05) is 6.54 Å². The van der Waals surface area contributed by atoms with Crippen molar-refractivity contribution in [2.24, 2.45) is 12.5 Å². The van der Waals surface area contributed by atoms with Crippen LogP contribution in [0.3, 0.4) is 0 Å². The topological polar surface area (TPSA) is 84.2 Å². The molecule has 21 heavy (non-hydrogen) atoms. The molecule has 1 saturated carbocycles. The Kier molecular flexibility index (Phi) is 4.37.